The number of halogens is 1. The minimum atomic E-state index is -1.09. The first-order chi connectivity index (χ1) is 9.90. The molecule has 0 heterocycles. The molecule has 8 heteroatoms. The summed E-state index contributed by atoms with van der Waals surface area (Å²) in [4.78, 5) is 33.5. The van der Waals surface area contributed by atoms with Gasteiger partial charge in [-0.05, 0) is 19.1 Å². The van der Waals surface area contributed by atoms with Crippen LogP contribution in [-0.4, -0.2) is 30.6 Å². The molecule has 3 amide bonds. The number of para-hydroxylation sites is 1. The summed E-state index contributed by atoms with van der Waals surface area (Å²) in [7, 11) is 0. The van der Waals surface area contributed by atoms with E-state index < -0.39 is 29.8 Å². The molecule has 1 rings (SSSR count). The molecule has 0 aromatic heterocycles. The Labute approximate surface area is 120 Å². The predicted octanol–water partition coefficient (Wildman–Crippen LogP) is 0.754. The summed E-state index contributed by atoms with van der Waals surface area (Å²) >= 11 is 0. The van der Waals surface area contributed by atoms with Crippen molar-refractivity contribution >= 4 is 23.6 Å². The van der Waals surface area contributed by atoms with Crippen molar-refractivity contribution in [2.75, 3.05) is 11.9 Å². The van der Waals surface area contributed by atoms with E-state index in [4.69, 9.17) is 10.5 Å². The van der Waals surface area contributed by atoms with E-state index in [2.05, 4.69) is 10.6 Å². The standard InChI is InChI=1S/C13H16FN3O4/c1-8(21-11(18)6-7-16-13(15)20)12(19)17-10-5-3-2-4-9(10)14/h2-5,8H,6-7H2,1H3,(H,17,19)(H3,15,16,20)/t8-/m1/s1. The van der Waals surface area contributed by atoms with E-state index in [0.717, 1.165) is 0 Å². The number of nitrogens with two attached hydrogens (primary N) is 1. The van der Waals surface area contributed by atoms with Crippen LogP contribution < -0.4 is 16.4 Å². The summed E-state index contributed by atoms with van der Waals surface area (Å²) in [5, 5.41) is 4.52. The third kappa shape index (κ3) is 5.89. The van der Waals surface area contributed by atoms with E-state index in [1.165, 1.54) is 25.1 Å². The van der Waals surface area contributed by atoms with Crippen molar-refractivity contribution in [3.63, 3.8) is 0 Å². The van der Waals surface area contributed by atoms with E-state index in [-0.39, 0.29) is 18.7 Å². The fourth-order valence-electron chi connectivity index (χ4n) is 1.39. The number of esters is 1. The molecule has 114 valence electrons. The van der Waals surface area contributed by atoms with Crippen LogP contribution in [0.5, 0.6) is 0 Å². The lowest BCUT2D eigenvalue weighted by molar-refractivity contribution is -0.153. The number of carbonyl (C=O) groups is 3. The van der Waals surface area contributed by atoms with Crippen LogP contribution in [0.1, 0.15) is 13.3 Å². The van der Waals surface area contributed by atoms with Crippen molar-refractivity contribution in [1.82, 2.24) is 5.32 Å². The normalized spacial score (nSPS) is 11.3. The van der Waals surface area contributed by atoms with Crippen molar-refractivity contribution in [3.05, 3.63) is 30.1 Å². The molecule has 0 bridgehead atoms. The van der Waals surface area contributed by atoms with Gasteiger partial charge in [0.1, 0.15) is 5.82 Å². The first kappa shape index (κ1) is 16.4. The fraction of sp³-hybridized carbons (Fsp3) is 0.308. The number of nitrogens with one attached hydrogen (secondary N) is 2. The van der Waals surface area contributed by atoms with Crippen LogP contribution in [0.2, 0.25) is 0 Å². The third-order valence-corrected chi connectivity index (χ3v) is 2.44. The van der Waals surface area contributed by atoms with Crippen LogP contribution in [0.15, 0.2) is 24.3 Å². The first-order valence-electron chi connectivity index (χ1n) is 6.18. The van der Waals surface area contributed by atoms with Crippen LogP contribution in [0.25, 0.3) is 0 Å². The topological polar surface area (TPSA) is 111 Å². The van der Waals surface area contributed by atoms with Gasteiger partial charge in [-0.15, -0.1) is 0 Å². The van der Waals surface area contributed by atoms with E-state index in [1.807, 2.05) is 0 Å². The Balaban J connectivity index is 2.42. The van der Waals surface area contributed by atoms with Gasteiger partial charge >= 0.3 is 12.0 Å². The highest BCUT2D eigenvalue weighted by molar-refractivity contribution is 5.95. The summed E-state index contributed by atoms with van der Waals surface area (Å²) < 4.78 is 18.2. The minimum Gasteiger partial charge on any atom is -0.452 e. The number of urea groups is 1. The molecular weight excluding hydrogens is 281 g/mol. The maximum absolute atomic E-state index is 13.3. The Morgan fingerprint density at radius 2 is 2.00 bits per heavy atom. The van der Waals surface area contributed by atoms with Gasteiger partial charge in [0.25, 0.3) is 5.91 Å². The van der Waals surface area contributed by atoms with Gasteiger partial charge in [0.15, 0.2) is 6.10 Å². The summed E-state index contributed by atoms with van der Waals surface area (Å²) in [5.74, 6) is -1.92. The van der Waals surface area contributed by atoms with Crippen LogP contribution >= 0.6 is 0 Å². The van der Waals surface area contributed by atoms with Crippen molar-refractivity contribution < 1.29 is 23.5 Å². The Morgan fingerprint density at radius 1 is 1.33 bits per heavy atom. The van der Waals surface area contributed by atoms with Gasteiger partial charge in [-0.3, -0.25) is 9.59 Å². The maximum Gasteiger partial charge on any atom is 0.312 e. The maximum atomic E-state index is 13.3. The summed E-state index contributed by atoms with van der Waals surface area (Å²) in [5.41, 5.74) is 4.83. The lowest BCUT2D eigenvalue weighted by Crippen LogP contribution is -2.33. The van der Waals surface area contributed by atoms with Gasteiger partial charge < -0.3 is 21.1 Å². The molecule has 0 saturated heterocycles. The molecule has 0 unspecified atom stereocenters. The van der Waals surface area contributed by atoms with Gasteiger partial charge in [0.2, 0.25) is 0 Å². The highest BCUT2D eigenvalue weighted by atomic mass is 19.1. The largest absolute Gasteiger partial charge is 0.452 e. The molecule has 0 aliphatic carbocycles. The fourth-order valence-corrected chi connectivity index (χ4v) is 1.39. The van der Waals surface area contributed by atoms with Gasteiger partial charge in [0.05, 0.1) is 12.1 Å². The molecule has 0 aliphatic heterocycles. The van der Waals surface area contributed by atoms with Crippen LogP contribution in [0.4, 0.5) is 14.9 Å². The van der Waals surface area contributed by atoms with Crippen molar-refractivity contribution in [2.24, 2.45) is 5.73 Å². The molecular formula is C13H16FN3O4. The predicted molar refractivity (Wildman–Crippen MR) is 72.8 cm³/mol. The van der Waals surface area contributed by atoms with E-state index in [0.29, 0.717) is 0 Å². The zero-order valence-corrected chi connectivity index (χ0v) is 11.4. The van der Waals surface area contributed by atoms with Gasteiger partial charge in [-0.1, -0.05) is 12.1 Å². The molecule has 0 radical (unpaired) electrons. The van der Waals surface area contributed by atoms with Crippen LogP contribution in [-0.2, 0) is 14.3 Å². The number of ether oxygens (including phenoxy) is 1. The van der Waals surface area contributed by atoms with Crippen LogP contribution in [0, 0.1) is 5.82 Å². The molecule has 0 fully saturated rings. The monoisotopic (exact) mass is 297 g/mol. The number of hydrogen-bond acceptors (Lipinski definition) is 4. The highest BCUT2D eigenvalue weighted by Gasteiger charge is 2.18. The third-order valence-electron chi connectivity index (χ3n) is 2.44. The Kier molecular flexibility index (Phi) is 6.12. The van der Waals surface area contributed by atoms with Crippen molar-refractivity contribution in [3.8, 4) is 0 Å². The van der Waals surface area contributed by atoms with Gasteiger partial charge in [-0.2, -0.15) is 0 Å². The van der Waals surface area contributed by atoms with Crippen molar-refractivity contribution in [2.45, 2.75) is 19.4 Å². The Hall–Kier alpha value is -2.64. The average Bonchev–Trinajstić information content (AvgIpc) is 2.40. The average molecular weight is 297 g/mol. The van der Waals surface area contributed by atoms with Crippen molar-refractivity contribution in [1.29, 1.82) is 0 Å². The molecule has 1 aromatic carbocycles. The zero-order valence-electron chi connectivity index (χ0n) is 11.4. The number of anilines is 1. The summed E-state index contributed by atoms with van der Waals surface area (Å²) in [6.07, 6.45) is -1.22. The smallest absolute Gasteiger partial charge is 0.312 e. The lowest BCUT2D eigenvalue weighted by atomic mass is 10.3. The van der Waals surface area contributed by atoms with Crippen LogP contribution in [0.3, 0.4) is 0 Å². The molecule has 1 aromatic rings. The molecule has 1 atom stereocenters. The second kappa shape index (κ2) is 7.83. The number of primary amides is 1. The first-order valence-corrected chi connectivity index (χ1v) is 6.18. The second-order valence-electron chi connectivity index (χ2n) is 4.14. The number of amides is 3. The lowest BCUT2D eigenvalue weighted by Gasteiger charge is -2.13. The highest BCUT2D eigenvalue weighted by Crippen LogP contribution is 2.13. The van der Waals surface area contributed by atoms with E-state index >= 15 is 0 Å². The minimum absolute atomic E-state index is 0.000735. The molecule has 0 saturated carbocycles. The Bertz CT molecular complexity index is 536. The zero-order chi connectivity index (χ0) is 15.8. The SMILES string of the molecule is C[C@@H](OC(=O)CCNC(N)=O)C(=O)Nc1ccccc1F. The number of carbonyl (C=O) groups excluding carboxylic acids is 3. The van der Waals surface area contributed by atoms with Gasteiger partial charge in [-0.25, -0.2) is 9.18 Å². The summed E-state index contributed by atoms with van der Waals surface area (Å²) in [6, 6.07) is 4.87. The second-order valence-corrected chi connectivity index (χ2v) is 4.14. The van der Waals surface area contributed by atoms with E-state index in [1.54, 1.807) is 6.07 Å². The molecule has 0 aliphatic rings. The number of hydrogen-bond donors (Lipinski definition) is 3. The van der Waals surface area contributed by atoms with Gasteiger partial charge in [0, 0.05) is 6.54 Å². The Morgan fingerprint density at radius 3 is 2.62 bits per heavy atom. The molecule has 0 spiro atoms. The molecule has 7 nitrogen and oxygen atoms in total. The molecule has 4 N–H and O–H groups in total. The van der Waals surface area contributed by atoms with E-state index in [9.17, 15) is 18.8 Å². The molecule has 21 heavy (non-hydrogen) atoms. The number of benzene rings is 1. The number of rotatable bonds is 6. The summed E-state index contributed by atoms with van der Waals surface area (Å²) in [6.45, 7) is 1.37. The quantitative estimate of drug-likeness (QED) is 0.673.